The molecule has 0 aromatic rings. The standard InChI is InChI=1S/C13H25NO3/c1-8(12(15-4)16-5)14-10-9-6-7-17-11(9)13(10,2)3/h8-12,14H,6-7H2,1-5H3. The molecule has 4 unspecified atom stereocenters. The first-order chi connectivity index (χ1) is 8.02. The molecule has 0 spiro atoms. The van der Waals surface area contributed by atoms with E-state index in [-0.39, 0.29) is 17.7 Å². The molecule has 17 heavy (non-hydrogen) atoms. The van der Waals surface area contributed by atoms with E-state index in [4.69, 9.17) is 14.2 Å². The monoisotopic (exact) mass is 243 g/mol. The van der Waals surface area contributed by atoms with Gasteiger partial charge in [0.25, 0.3) is 0 Å². The molecule has 100 valence electrons. The van der Waals surface area contributed by atoms with Crippen molar-refractivity contribution >= 4 is 0 Å². The van der Waals surface area contributed by atoms with Gasteiger partial charge in [-0.3, -0.25) is 0 Å². The maximum Gasteiger partial charge on any atom is 0.171 e. The summed E-state index contributed by atoms with van der Waals surface area (Å²) in [5, 5.41) is 3.65. The second-order valence-corrected chi connectivity index (χ2v) is 5.84. The van der Waals surface area contributed by atoms with Gasteiger partial charge in [-0.1, -0.05) is 13.8 Å². The number of methoxy groups -OCH3 is 2. The summed E-state index contributed by atoms with van der Waals surface area (Å²) in [5.74, 6) is 0.654. The third-order valence-electron chi connectivity index (χ3n) is 4.42. The Labute approximate surface area is 104 Å². The summed E-state index contributed by atoms with van der Waals surface area (Å²) in [6.45, 7) is 7.57. The number of rotatable bonds is 5. The van der Waals surface area contributed by atoms with E-state index >= 15 is 0 Å². The first kappa shape index (κ1) is 13.3. The molecular formula is C13H25NO3. The predicted molar refractivity (Wildman–Crippen MR) is 65.8 cm³/mol. The zero-order valence-electron chi connectivity index (χ0n) is 11.5. The highest BCUT2D eigenvalue weighted by atomic mass is 16.7. The summed E-state index contributed by atoms with van der Waals surface area (Å²) in [6.07, 6.45) is 1.41. The molecule has 4 heteroatoms. The fourth-order valence-electron chi connectivity index (χ4n) is 3.53. The van der Waals surface area contributed by atoms with Crippen LogP contribution in [0, 0.1) is 11.3 Å². The van der Waals surface area contributed by atoms with Crippen LogP contribution in [0.15, 0.2) is 0 Å². The average Bonchev–Trinajstić information content (AvgIpc) is 2.74. The third-order valence-corrected chi connectivity index (χ3v) is 4.42. The Hall–Kier alpha value is -0.160. The van der Waals surface area contributed by atoms with Crippen molar-refractivity contribution in [2.24, 2.45) is 11.3 Å². The highest BCUT2D eigenvalue weighted by Crippen LogP contribution is 2.52. The highest BCUT2D eigenvalue weighted by molar-refractivity contribution is 5.11. The summed E-state index contributed by atoms with van der Waals surface area (Å²) in [6, 6.07) is 0.689. The van der Waals surface area contributed by atoms with E-state index < -0.39 is 0 Å². The molecule has 0 radical (unpaired) electrons. The molecule has 0 aromatic heterocycles. The van der Waals surface area contributed by atoms with Crippen LogP contribution < -0.4 is 5.32 Å². The maximum atomic E-state index is 5.79. The molecule has 2 rings (SSSR count). The smallest absolute Gasteiger partial charge is 0.171 e. The van der Waals surface area contributed by atoms with Gasteiger partial charge in [0.05, 0.1) is 12.1 Å². The topological polar surface area (TPSA) is 39.7 Å². The van der Waals surface area contributed by atoms with Gasteiger partial charge in [0, 0.05) is 38.2 Å². The van der Waals surface area contributed by atoms with Crippen molar-refractivity contribution in [3.8, 4) is 0 Å². The Morgan fingerprint density at radius 2 is 1.94 bits per heavy atom. The predicted octanol–water partition coefficient (Wildman–Crippen LogP) is 1.40. The summed E-state index contributed by atoms with van der Waals surface area (Å²) in [5.41, 5.74) is 0.210. The van der Waals surface area contributed by atoms with Crippen LogP contribution >= 0.6 is 0 Å². The molecule has 0 amide bonds. The largest absolute Gasteiger partial charge is 0.377 e. The van der Waals surface area contributed by atoms with Gasteiger partial charge in [-0.05, 0) is 13.3 Å². The molecule has 1 heterocycles. The summed E-state index contributed by atoms with van der Waals surface area (Å²) in [7, 11) is 3.36. The molecule has 0 aromatic carbocycles. The lowest BCUT2D eigenvalue weighted by molar-refractivity contribution is -0.149. The van der Waals surface area contributed by atoms with Gasteiger partial charge in [0.15, 0.2) is 6.29 Å². The minimum atomic E-state index is -0.188. The van der Waals surface area contributed by atoms with Gasteiger partial charge in [0.2, 0.25) is 0 Å². The van der Waals surface area contributed by atoms with E-state index in [1.165, 1.54) is 6.42 Å². The van der Waals surface area contributed by atoms with E-state index in [9.17, 15) is 0 Å². The minimum Gasteiger partial charge on any atom is -0.377 e. The molecule has 4 atom stereocenters. The van der Waals surface area contributed by atoms with Gasteiger partial charge in [-0.2, -0.15) is 0 Å². The molecule has 1 saturated carbocycles. The van der Waals surface area contributed by atoms with Gasteiger partial charge in [-0.25, -0.2) is 0 Å². The Morgan fingerprint density at radius 3 is 2.53 bits per heavy atom. The van der Waals surface area contributed by atoms with Crippen molar-refractivity contribution in [3.05, 3.63) is 0 Å². The number of fused-ring (bicyclic) bond motifs is 1. The van der Waals surface area contributed by atoms with Crippen LogP contribution in [0.5, 0.6) is 0 Å². The molecule has 0 bridgehead atoms. The quantitative estimate of drug-likeness (QED) is 0.741. The number of hydrogen-bond donors (Lipinski definition) is 1. The van der Waals surface area contributed by atoms with E-state index in [1.807, 2.05) is 0 Å². The summed E-state index contributed by atoms with van der Waals surface area (Å²) >= 11 is 0. The van der Waals surface area contributed by atoms with Crippen LogP contribution in [0.2, 0.25) is 0 Å². The third kappa shape index (κ3) is 2.12. The van der Waals surface area contributed by atoms with E-state index in [1.54, 1.807) is 14.2 Å². The molecule has 1 saturated heterocycles. The molecule has 4 nitrogen and oxygen atoms in total. The normalized spacial score (nSPS) is 36.7. The van der Waals surface area contributed by atoms with Crippen LogP contribution in [0.1, 0.15) is 27.2 Å². The second-order valence-electron chi connectivity index (χ2n) is 5.84. The van der Waals surface area contributed by atoms with Crippen molar-refractivity contribution in [1.82, 2.24) is 5.32 Å². The Bertz CT molecular complexity index is 265. The number of nitrogens with one attached hydrogen (secondary N) is 1. The Morgan fingerprint density at radius 1 is 1.29 bits per heavy atom. The molecule has 2 aliphatic rings. The highest BCUT2D eigenvalue weighted by Gasteiger charge is 2.59. The van der Waals surface area contributed by atoms with Crippen molar-refractivity contribution in [1.29, 1.82) is 0 Å². The van der Waals surface area contributed by atoms with Crippen LogP contribution in [0.3, 0.4) is 0 Å². The average molecular weight is 243 g/mol. The van der Waals surface area contributed by atoms with Crippen LogP contribution in [0.4, 0.5) is 0 Å². The molecule has 2 fully saturated rings. The number of ether oxygens (including phenoxy) is 3. The lowest BCUT2D eigenvalue weighted by atomic mass is 9.57. The molecular weight excluding hydrogens is 218 g/mol. The fraction of sp³-hybridized carbons (Fsp3) is 1.00. The van der Waals surface area contributed by atoms with E-state index in [2.05, 4.69) is 26.1 Å². The van der Waals surface area contributed by atoms with Crippen molar-refractivity contribution < 1.29 is 14.2 Å². The van der Waals surface area contributed by atoms with Gasteiger partial charge in [0.1, 0.15) is 0 Å². The number of hydrogen-bond acceptors (Lipinski definition) is 4. The van der Waals surface area contributed by atoms with Crippen molar-refractivity contribution in [3.63, 3.8) is 0 Å². The second kappa shape index (κ2) is 4.84. The lowest BCUT2D eigenvalue weighted by Gasteiger charge is -2.56. The zero-order valence-corrected chi connectivity index (χ0v) is 11.5. The van der Waals surface area contributed by atoms with Gasteiger partial charge < -0.3 is 19.5 Å². The lowest BCUT2D eigenvalue weighted by Crippen LogP contribution is -2.68. The first-order valence-electron chi connectivity index (χ1n) is 6.45. The minimum absolute atomic E-state index is 0.188. The fourth-order valence-corrected chi connectivity index (χ4v) is 3.53. The zero-order chi connectivity index (χ0) is 12.6. The molecule has 1 N–H and O–H groups in total. The summed E-state index contributed by atoms with van der Waals surface area (Å²) < 4.78 is 16.4. The first-order valence-corrected chi connectivity index (χ1v) is 6.45. The van der Waals surface area contributed by atoms with Gasteiger partial charge >= 0.3 is 0 Å². The summed E-state index contributed by atoms with van der Waals surface area (Å²) in [4.78, 5) is 0. The molecule has 1 aliphatic heterocycles. The van der Waals surface area contributed by atoms with Crippen molar-refractivity contribution in [2.75, 3.05) is 20.8 Å². The van der Waals surface area contributed by atoms with Crippen LogP contribution in [0.25, 0.3) is 0 Å². The Balaban J connectivity index is 1.95. The van der Waals surface area contributed by atoms with Gasteiger partial charge in [-0.15, -0.1) is 0 Å². The van der Waals surface area contributed by atoms with Crippen molar-refractivity contribution in [2.45, 2.75) is 51.7 Å². The molecule has 1 aliphatic carbocycles. The SMILES string of the molecule is COC(OC)C(C)NC1C2CCOC2C1(C)C. The van der Waals surface area contributed by atoms with E-state index in [0.717, 1.165) is 6.61 Å². The van der Waals surface area contributed by atoms with E-state index in [0.29, 0.717) is 18.1 Å². The Kier molecular flexibility index (Phi) is 3.78. The van der Waals surface area contributed by atoms with Crippen LogP contribution in [-0.4, -0.2) is 45.3 Å². The maximum absolute atomic E-state index is 5.79. The van der Waals surface area contributed by atoms with Crippen LogP contribution in [-0.2, 0) is 14.2 Å².